The number of amides is 1. The summed E-state index contributed by atoms with van der Waals surface area (Å²) in [7, 11) is 0. The maximum atomic E-state index is 10.2. The van der Waals surface area contributed by atoms with Gasteiger partial charge in [0.1, 0.15) is 0 Å². The van der Waals surface area contributed by atoms with Gasteiger partial charge in [0.25, 0.3) is 0 Å². The van der Waals surface area contributed by atoms with Crippen molar-refractivity contribution in [2.75, 3.05) is 6.54 Å². The fourth-order valence-electron chi connectivity index (χ4n) is 0.282. The highest BCUT2D eigenvalue weighted by atomic mass is 32.1. The Balaban J connectivity index is 3.26. The molecular formula is C5H8NO2S. The Bertz CT molecular complexity index is 116. The summed E-state index contributed by atoms with van der Waals surface area (Å²) in [5.41, 5.74) is 0. The maximum Gasteiger partial charge on any atom is 0.216 e. The van der Waals surface area contributed by atoms with Crippen molar-refractivity contribution in [2.45, 2.75) is 12.2 Å². The van der Waals surface area contributed by atoms with Crippen LogP contribution >= 0.6 is 12.6 Å². The van der Waals surface area contributed by atoms with E-state index in [0.717, 1.165) is 0 Å². The number of rotatable bonds is 3. The van der Waals surface area contributed by atoms with Gasteiger partial charge in [-0.2, -0.15) is 12.6 Å². The van der Waals surface area contributed by atoms with E-state index in [4.69, 9.17) is 0 Å². The van der Waals surface area contributed by atoms with E-state index in [9.17, 15) is 9.59 Å². The van der Waals surface area contributed by atoms with Gasteiger partial charge >= 0.3 is 0 Å². The average molecular weight is 146 g/mol. The molecule has 1 atom stereocenters. The van der Waals surface area contributed by atoms with Gasteiger partial charge in [-0.15, -0.1) is 0 Å². The van der Waals surface area contributed by atoms with Crippen LogP contribution in [0.15, 0.2) is 0 Å². The minimum atomic E-state index is -0.506. The van der Waals surface area contributed by atoms with Crippen LogP contribution in [0, 0.1) is 0 Å². The summed E-state index contributed by atoms with van der Waals surface area (Å²) in [5.74, 6) is -0.163. The zero-order valence-electron chi connectivity index (χ0n) is 5.05. The number of carbonyl (C=O) groups excluding carboxylic acids is 2. The largest absolute Gasteiger partial charge is 0.355 e. The Morgan fingerprint density at radius 1 is 1.89 bits per heavy atom. The lowest BCUT2D eigenvalue weighted by atomic mass is 10.4. The lowest BCUT2D eigenvalue weighted by Crippen LogP contribution is -2.27. The summed E-state index contributed by atoms with van der Waals surface area (Å²) in [6.07, 6.45) is 1.62. The second-order valence-electron chi connectivity index (χ2n) is 1.57. The normalized spacial score (nSPS) is 12.2. The third-order valence-electron chi connectivity index (χ3n) is 0.680. The van der Waals surface area contributed by atoms with E-state index in [1.54, 1.807) is 6.29 Å². The van der Waals surface area contributed by atoms with E-state index >= 15 is 0 Å². The van der Waals surface area contributed by atoms with Gasteiger partial charge in [-0.05, 0) is 0 Å². The van der Waals surface area contributed by atoms with Crippen molar-refractivity contribution in [1.82, 2.24) is 5.32 Å². The zero-order chi connectivity index (χ0) is 7.28. The van der Waals surface area contributed by atoms with Crippen molar-refractivity contribution >= 4 is 24.8 Å². The van der Waals surface area contributed by atoms with Crippen LogP contribution in [-0.4, -0.2) is 24.0 Å². The second-order valence-corrected chi connectivity index (χ2v) is 2.19. The van der Waals surface area contributed by atoms with E-state index in [-0.39, 0.29) is 12.5 Å². The van der Waals surface area contributed by atoms with Crippen LogP contribution in [0.25, 0.3) is 0 Å². The lowest BCUT2D eigenvalue weighted by Gasteiger charge is -2.00. The highest BCUT2D eigenvalue weighted by Crippen LogP contribution is 1.85. The van der Waals surface area contributed by atoms with Crippen molar-refractivity contribution in [3.8, 4) is 0 Å². The molecule has 51 valence electrons. The van der Waals surface area contributed by atoms with Gasteiger partial charge in [0.15, 0.2) is 0 Å². The van der Waals surface area contributed by atoms with Crippen LogP contribution < -0.4 is 5.32 Å². The quantitative estimate of drug-likeness (QED) is 0.529. The Labute approximate surface area is 59.2 Å². The molecular weight excluding hydrogens is 138 g/mol. The Hall–Kier alpha value is -0.510. The monoisotopic (exact) mass is 146 g/mol. The fraction of sp³-hybridized carbons (Fsp3) is 0.600. The molecule has 0 aromatic carbocycles. The van der Waals surface area contributed by atoms with Gasteiger partial charge in [-0.25, -0.2) is 0 Å². The molecule has 0 aliphatic heterocycles. The molecule has 3 nitrogen and oxygen atoms in total. The summed E-state index contributed by atoms with van der Waals surface area (Å²) in [6, 6.07) is 0. The summed E-state index contributed by atoms with van der Waals surface area (Å²) < 4.78 is 0. The lowest BCUT2D eigenvalue weighted by molar-refractivity contribution is -0.118. The zero-order valence-corrected chi connectivity index (χ0v) is 5.94. The molecule has 9 heavy (non-hydrogen) atoms. The molecule has 0 aliphatic rings. The Morgan fingerprint density at radius 3 is 2.78 bits per heavy atom. The third kappa shape index (κ3) is 5.36. The van der Waals surface area contributed by atoms with Gasteiger partial charge in [0.2, 0.25) is 12.2 Å². The number of thiol groups is 1. The molecule has 0 aromatic heterocycles. The molecule has 1 amide bonds. The summed E-state index contributed by atoms with van der Waals surface area (Å²) in [4.78, 5) is 20.0. The smallest absolute Gasteiger partial charge is 0.216 e. The van der Waals surface area contributed by atoms with Gasteiger partial charge in [0.05, 0.1) is 5.25 Å². The van der Waals surface area contributed by atoms with Crippen LogP contribution in [-0.2, 0) is 9.59 Å². The number of hydrogen-bond donors (Lipinski definition) is 2. The first-order valence-corrected chi connectivity index (χ1v) is 2.98. The maximum absolute atomic E-state index is 10.2. The summed E-state index contributed by atoms with van der Waals surface area (Å²) in [5, 5.41) is 1.91. The first-order chi connectivity index (χ1) is 4.16. The van der Waals surface area contributed by atoms with Crippen LogP contribution in [0.5, 0.6) is 0 Å². The molecule has 0 saturated heterocycles. The first-order valence-electron chi connectivity index (χ1n) is 2.47. The molecule has 0 fully saturated rings. The van der Waals surface area contributed by atoms with E-state index < -0.39 is 5.25 Å². The highest BCUT2D eigenvalue weighted by molar-refractivity contribution is 7.81. The van der Waals surface area contributed by atoms with Crippen molar-refractivity contribution in [3.05, 3.63) is 0 Å². The van der Waals surface area contributed by atoms with Gasteiger partial charge in [0, 0.05) is 13.5 Å². The number of hydrogen-bond acceptors (Lipinski definition) is 3. The number of nitrogens with one attached hydrogen (secondary N) is 1. The standard InChI is InChI=1S/C5H8NO2S/c1-4(8)6-2-5(9)3-7/h5,9H,2H2,1H3,(H,6,8)/t5-/m0/s1. The molecule has 0 aromatic rings. The third-order valence-corrected chi connectivity index (χ3v) is 0.968. The van der Waals surface area contributed by atoms with Crippen LogP contribution in [0.4, 0.5) is 0 Å². The van der Waals surface area contributed by atoms with Crippen LogP contribution in [0.3, 0.4) is 0 Å². The predicted octanol–water partition coefficient (Wildman–Crippen LogP) is -0.469. The molecule has 0 saturated carbocycles. The van der Waals surface area contributed by atoms with Crippen molar-refractivity contribution in [3.63, 3.8) is 0 Å². The van der Waals surface area contributed by atoms with Crippen molar-refractivity contribution in [1.29, 1.82) is 0 Å². The molecule has 1 N–H and O–H groups in total. The molecule has 0 bridgehead atoms. The topological polar surface area (TPSA) is 46.2 Å². The molecule has 4 heteroatoms. The molecule has 0 aliphatic carbocycles. The fourth-order valence-corrected chi connectivity index (χ4v) is 0.373. The van der Waals surface area contributed by atoms with Crippen LogP contribution in [0.2, 0.25) is 0 Å². The Kier molecular flexibility index (Phi) is 4.13. The minimum Gasteiger partial charge on any atom is -0.355 e. The molecule has 0 heterocycles. The highest BCUT2D eigenvalue weighted by Gasteiger charge is 2.00. The summed E-state index contributed by atoms with van der Waals surface area (Å²) >= 11 is 3.77. The van der Waals surface area contributed by atoms with Gasteiger partial charge in [-0.1, -0.05) is 0 Å². The van der Waals surface area contributed by atoms with Crippen molar-refractivity contribution < 1.29 is 9.59 Å². The van der Waals surface area contributed by atoms with Crippen molar-refractivity contribution in [2.24, 2.45) is 0 Å². The van der Waals surface area contributed by atoms with E-state index in [0.29, 0.717) is 0 Å². The van der Waals surface area contributed by atoms with E-state index in [1.165, 1.54) is 6.92 Å². The van der Waals surface area contributed by atoms with Crippen LogP contribution in [0.1, 0.15) is 6.92 Å². The minimum absolute atomic E-state index is 0.163. The predicted molar refractivity (Wildman–Crippen MR) is 37.2 cm³/mol. The van der Waals surface area contributed by atoms with Gasteiger partial charge in [-0.3, -0.25) is 9.59 Å². The number of carbonyl (C=O) groups is 1. The van der Waals surface area contributed by atoms with E-state index in [1.807, 2.05) is 0 Å². The average Bonchev–Trinajstić information content (AvgIpc) is 1.83. The second kappa shape index (κ2) is 4.38. The molecule has 1 radical (unpaired) electrons. The SMILES string of the molecule is CC(=O)NC[C@H](S)[C]=O. The van der Waals surface area contributed by atoms with E-state index in [2.05, 4.69) is 17.9 Å². The molecule has 0 rings (SSSR count). The summed E-state index contributed by atoms with van der Waals surface area (Å²) in [6.45, 7) is 1.63. The van der Waals surface area contributed by atoms with Gasteiger partial charge < -0.3 is 5.32 Å². The molecule has 0 spiro atoms. The Morgan fingerprint density at radius 2 is 2.44 bits per heavy atom. The molecule has 0 unspecified atom stereocenters. The first kappa shape index (κ1) is 8.49.